The summed E-state index contributed by atoms with van der Waals surface area (Å²) < 4.78 is 8.74. The van der Waals surface area contributed by atoms with Crippen molar-refractivity contribution in [3.05, 3.63) is 125 Å². The third kappa shape index (κ3) is 6.01. The van der Waals surface area contributed by atoms with E-state index < -0.39 is 0 Å². The van der Waals surface area contributed by atoms with E-state index in [-0.39, 0.29) is 43.2 Å². The number of benzene rings is 4. The van der Waals surface area contributed by atoms with Crippen LogP contribution in [0.15, 0.2) is 91.0 Å². The summed E-state index contributed by atoms with van der Waals surface area (Å²) in [6.07, 6.45) is 4.45. The van der Waals surface area contributed by atoms with Gasteiger partial charge in [-0.25, -0.2) is 4.98 Å². The van der Waals surface area contributed by atoms with Gasteiger partial charge in [0.2, 0.25) is 5.88 Å². The second kappa shape index (κ2) is 12.0. The summed E-state index contributed by atoms with van der Waals surface area (Å²) in [4.78, 5) is 10.0. The number of aromatic nitrogens is 3. The molecule has 0 bridgehead atoms. The number of phenolic OH excluding ortho intramolecular Hbond substituents is 1. The van der Waals surface area contributed by atoms with E-state index >= 15 is 0 Å². The number of hydrogen-bond acceptors (Lipinski definition) is 4. The number of nitrogens with zero attached hydrogens (tertiary/aromatic N) is 3. The Morgan fingerprint density at radius 2 is 1.47 bits per heavy atom. The van der Waals surface area contributed by atoms with Gasteiger partial charge in [0.05, 0.1) is 22.6 Å². The van der Waals surface area contributed by atoms with E-state index in [2.05, 4.69) is 94.6 Å². The van der Waals surface area contributed by atoms with E-state index in [1.54, 1.807) is 6.07 Å². The number of aromatic hydroxyl groups is 1. The SMILES string of the molecule is CC(C)(C)c1ccc(O)c(-c2cccc(Oc3[c-]c(-c4nc5ccc6c(c5n4C(C)(C)C)CC4(Cc5ccccc5C4)C6)ccc3)n2)c1.[Pt]. The number of fused-ring (bicyclic) bond motifs is 4. The van der Waals surface area contributed by atoms with Crippen molar-refractivity contribution in [3.8, 4) is 40.0 Å². The molecule has 0 saturated heterocycles. The van der Waals surface area contributed by atoms with Crippen molar-refractivity contribution in [1.29, 1.82) is 0 Å². The van der Waals surface area contributed by atoms with Crippen LogP contribution >= 0.6 is 0 Å². The predicted octanol–water partition coefficient (Wildman–Crippen LogP) is 10.00. The van der Waals surface area contributed by atoms with Crippen molar-refractivity contribution in [3.63, 3.8) is 0 Å². The maximum absolute atomic E-state index is 10.7. The minimum atomic E-state index is -0.211. The predicted molar refractivity (Wildman–Crippen MR) is 193 cm³/mol. The monoisotopic (exact) mass is 827 g/mol. The standard InChI is InChI=1S/C43H42N3O2.Pt/c1-41(2,3)31-18-20-37(47)33(22-31)35-15-10-16-38(44-35)48-32-14-9-13-27(21-32)40-45-36-19-17-30-25-43(23-28-11-7-8-12-29(28)24-43)26-34(30)39(36)46(40)42(4,5)6;/h7-20,22,47H,23-26H2,1-6H3;/q-1;. The van der Waals surface area contributed by atoms with Crippen LogP contribution in [0.25, 0.3) is 33.7 Å². The smallest absolute Gasteiger partial charge is 0.217 e. The molecule has 0 amide bonds. The molecule has 252 valence electrons. The number of pyridine rings is 1. The van der Waals surface area contributed by atoms with Gasteiger partial charge in [-0.05, 0) is 109 Å². The molecule has 0 fully saturated rings. The second-order valence-electron chi connectivity index (χ2n) is 15.9. The molecular weight excluding hydrogens is 786 g/mol. The van der Waals surface area contributed by atoms with E-state index in [0.29, 0.717) is 22.9 Å². The fraction of sp³-hybridized carbons (Fsp3) is 0.302. The molecule has 2 aliphatic carbocycles. The van der Waals surface area contributed by atoms with Crippen LogP contribution in [0.5, 0.6) is 17.4 Å². The minimum Gasteiger partial charge on any atom is -0.507 e. The zero-order valence-electron chi connectivity index (χ0n) is 29.0. The molecule has 4 aromatic carbocycles. The molecular formula is C43H42N3O2Pt-. The Kier molecular flexibility index (Phi) is 8.14. The van der Waals surface area contributed by atoms with Gasteiger partial charge in [-0.2, -0.15) is 0 Å². The summed E-state index contributed by atoms with van der Waals surface area (Å²) in [5.41, 5.74) is 11.5. The van der Waals surface area contributed by atoms with Crippen molar-refractivity contribution < 1.29 is 30.9 Å². The maximum Gasteiger partial charge on any atom is 0.217 e. The molecule has 1 spiro atoms. The van der Waals surface area contributed by atoms with Crippen LogP contribution in [0.3, 0.4) is 0 Å². The van der Waals surface area contributed by atoms with Gasteiger partial charge in [0, 0.05) is 44.0 Å². The first kappa shape index (κ1) is 33.3. The fourth-order valence-electron chi connectivity index (χ4n) is 7.92. The largest absolute Gasteiger partial charge is 0.507 e. The van der Waals surface area contributed by atoms with E-state index in [9.17, 15) is 5.11 Å². The Hall–Kier alpha value is -4.21. The van der Waals surface area contributed by atoms with Gasteiger partial charge >= 0.3 is 0 Å². The van der Waals surface area contributed by atoms with Gasteiger partial charge in [0.25, 0.3) is 0 Å². The number of phenols is 1. The molecule has 1 N–H and O–H groups in total. The molecule has 2 aliphatic rings. The third-order valence-corrected chi connectivity index (χ3v) is 10.1. The first-order chi connectivity index (χ1) is 22.9. The Balaban J connectivity index is 0.00000378. The van der Waals surface area contributed by atoms with Crippen LogP contribution in [-0.2, 0) is 57.7 Å². The molecule has 0 saturated carbocycles. The first-order valence-corrected chi connectivity index (χ1v) is 17.0. The van der Waals surface area contributed by atoms with Crippen LogP contribution in [0.4, 0.5) is 0 Å². The summed E-state index contributed by atoms with van der Waals surface area (Å²) in [6.45, 7) is 13.2. The van der Waals surface area contributed by atoms with Crippen molar-refractivity contribution in [2.75, 3.05) is 0 Å². The quantitative estimate of drug-likeness (QED) is 0.180. The van der Waals surface area contributed by atoms with Crippen LogP contribution in [0, 0.1) is 11.5 Å². The van der Waals surface area contributed by atoms with Crippen molar-refractivity contribution in [1.82, 2.24) is 14.5 Å². The van der Waals surface area contributed by atoms with Gasteiger partial charge < -0.3 is 14.4 Å². The summed E-state index contributed by atoms with van der Waals surface area (Å²) in [5, 5.41) is 10.7. The summed E-state index contributed by atoms with van der Waals surface area (Å²) in [5.74, 6) is 2.08. The molecule has 49 heavy (non-hydrogen) atoms. The zero-order chi connectivity index (χ0) is 33.4. The van der Waals surface area contributed by atoms with Crippen LogP contribution in [0.2, 0.25) is 0 Å². The van der Waals surface area contributed by atoms with Gasteiger partial charge in [0.15, 0.2) is 0 Å². The van der Waals surface area contributed by atoms with Crippen LogP contribution in [-0.4, -0.2) is 19.6 Å². The van der Waals surface area contributed by atoms with Crippen LogP contribution < -0.4 is 4.74 Å². The number of hydrogen-bond donors (Lipinski definition) is 1. The first-order valence-electron chi connectivity index (χ1n) is 17.0. The molecule has 6 heteroatoms. The van der Waals surface area contributed by atoms with Gasteiger partial charge in [0.1, 0.15) is 5.75 Å². The summed E-state index contributed by atoms with van der Waals surface area (Å²) >= 11 is 0. The molecule has 0 aliphatic heterocycles. The molecule has 6 aromatic rings. The molecule has 5 nitrogen and oxygen atoms in total. The van der Waals surface area contributed by atoms with E-state index in [1.165, 1.54) is 27.8 Å². The van der Waals surface area contributed by atoms with Gasteiger partial charge in [-0.15, -0.1) is 23.8 Å². The number of ether oxygens (including phenoxy) is 1. The second-order valence-corrected chi connectivity index (χ2v) is 15.9. The van der Waals surface area contributed by atoms with Crippen molar-refractivity contribution in [2.24, 2.45) is 5.41 Å². The van der Waals surface area contributed by atoms with Crippen molar-refractivity contribution >= 4 is 11.0 Å². The van der Waals surface area contributed by atoms with E-state index in [4.69, 9.17) is 14.7 Å². The molecule has 0 radical (unpaired) electrons. The Bertz CT molecular complexity index is 2190. The number of rotatable bonds is 4. The zero-order valence-corrected chi connectivity index (χ0v) is 31.3. The molecule has 2 heterocycles. The van der Waals surface area contributed by atoms with Gasteiger partial charge in [-0.3, -0.25) is 4.98 Å². The third-order valence-electron chi connectivity index (χ3n) is 10.1. The topological polar surface area (TPSA) is 60.2 Å². The van der Waals surface area contributed by atoms with Crippen LogP contribution in [0.1, 0.15) is 69.4 Å². The van der Waals surface area contributed by atoms with Gasteiger partial charge in [-0.1, -0.05) is 69.3 Å². The molecule has 8 rings (SSSR count). The van der Waals surface area contributed by atoms with Crippen molar-refractivity contribution in [2.45, 2.75) is 78.2 Å². The minimum absolute atomic E-state index is 0. The molecule has 0 atom stereocenters. The summed E-state index contributed by atoms with van der Waals surface area (Å²) in [6, 6.07) is 34.3. The average molecular weight is 828 g/mol. The molecule has 0 unspecified atom stereocenters. The Morgan fingerprint density at radius 3 is 2.18 bits per heavy atom. The maximum atomic E-state index is 10.7. The molecule has 2 aromatic heterocycles. The fourth-order valence-corrected chi connectivity index (χ4v) is 7.92. The average Bonchev–Trinajstić information content (AvgIpc) is 3.72. The Morgan fingerprint density at radius 1 is 0.755 bits per heavy atom. The number of imidazole rings is 1. The van der Waals surface area contributed by atoms with E-state index in [1.807, 2.05) is 42.5 Å². The normalized spacial score (nSPS) is 14.9. The summed E-state index contributed by atoms with van der Waals surface area (Å²) in [7, 11) is 0. The Labute approximate surface area is 303 Å². The van der Waals surface area contributed by atoms with E-state index in [0.717, 1.165) is 48.2 Å².